The zero-order valence-corrected chi connectivity index (χ0v) is 9.22. The number of rotatable bonds is 5. The van der Waals surface area contributed by atoms with Gasteiger partial charge in [0.05, 0.1) is 13.2 Å². The summed E-state index contributed by atoms with van der Waals surface area (Å²) in [4.78, 5) is 6.22. The molecule has 0 aliphatic heterocycles. The highest BCUT2D eigenvalue weighted by atomic mass is 16.3. The van der Waals surface area contributed by atoms with Crippen LogP contribution in [0, 0.1) is 0 Å². The zero-order valence-electron chi connectivity index (χ0n) is 9.22. The summed E-state index contributed by atoms with van der Waals surface area (Å²) in [5.41, 5.74) is 0.791. The molecular formula is C11H18N2O2. The molecule has 1 rings (SSSR count). The van der Waals surface area contributed by atoms with Crippen LogP contribution in [-0.2, 0) is 6.61 Å². The summed E-state index contributed by atoms with van der Waals surface area (Å²) < 4.78 is 0. The topological polar surface area (TPSA) is 56.6 Å². The molecule has 0 atom stereocenters. The van der Waals surface area contributed by atoms with Crippen molar-refractivity contribution < 1.29 is 10.2 Å². The molecule has 0 saturated heterocycles. The fourth-order valence-corrected chi connectivity index (χ4v) is 1.53. The maximum Gasteiger partial charge on any atom is 0.134 e. The highest BCUT2D eigenvalue weighted by Crippen LogP contribution is 2.18. The smallest absolute Gasteiger partial charge is 0.134 e. The lowest BCUT2D eigenvalue weighted by atomic mass is 10.2. The number of anilines is 1. The second-order valence-electron chi connectivity index (χ2n) is 3.65. The third-order valence-electron chi connectivity index (χ3n) is 2.27. The lowest BCUT2D eigenvalue weighted by molar-refractivity contribution is 0.279. The molecule has 1 heterocycles. The van der Waals surface area contributed by atoms with Crippen LogP contribution in [0.2, 0.25) is 0 Å². The minimum absolute atomic E-state index is 0.0299. The van der Waals surface area contributed by atoms with E-state index in [0.717, 1.165) is 11.4 Å². The van der Waals surface area contributed by atoms with Crippen LogP contribution >= 0.6 is 0 Å². The second-order valence-corrected chi connectivity index (χ2v) is 3.65. The van der Waals surface area contributed by atoms with Gasteiger partial charge >= 0.3 is 0 Å². The van der Waals surface area contributed by atoms with Gasteiger partial charge in [-0.3, -0.25) is 0 Å². The van der Waals surface area contributed by atoms with Crippen molar-refractivity contribution >= 4 is 5.82 Å². The van der Waals surface area contributed by atoms with Crippen LogP contribution in [0.25, 0.3) is 0 Å². The van der Waals surface area contributed by atoms with E-state index in [1.807, 2.05) is 24.8 Å². The molecule has 4 heteroatoms. The van der Waals surface area contributed by atoms with E-state index in [2.05, 4.69) is 4.98 Å². The van der Waals surface area contributed by atoms with Crippen molar-refractivity contribution in [1.82, 2.24) is 4.98 Å². The Morgan fingerprint density at radius 1 is 1.40 bits per heavy atom. The molecule has 0 bridgehead atoms. The number of aliphatic hydroxyl groups excluding tert-OH is 2. The van der Waals surface area contributed by atoms with Gasteiger partial charge in [-0.2, -0.15) is 0 Å². The van der Waals surface area contributed by atoms with E-state index in [1.165, 1.54) is 0 Å². The maximum atomic E-state index is 9.19. The first-order chi connectivity index (χ1) is 7.20. The molecule has 0 aromatic carbocycles. The average molecular weight is 210 g/mol. The Kier molecular flexibility index (Phi) is 4.52. The van der Waals surface area contributed by atoms with E-state index in [9.17, 15) is 5.11 Å². The standard InChI is InChI=1S/C11H18N2O2/c1-9(2)13(6-7-14)11-10(8-15)4-3-5-12-11/h3-5,9,14-15H,6-8H2,1-2H3. The van der Waals surface area contributed by atoms with Crippen molar-refractivity contribution in [3.8, 4) is 0 Å². The minimum atomic E-state index is -0.0299. The zero-order chi connectivity index (χ0) is 11.3. The first kappa shape index (κ1) is 11.9. The molecule has 0 fully saturated rings. The van der Waals surface area contributed by atoms with Gasteiger partial charge in [0.15, 0.2) is 0 Å². The lowest BCUT2D eigenvalue weighted by Crippen LogP contribution is -2.34. The molecule has 0 radical (unpaired) electrons. The highest BCUT2D eigenvalue weighted by Gasteiger charge is 2.14. The molecule has 0 amide bonds. The first-order valence-electron chi connectivity index (χ1n) is 5.13. The van der Waals surface area contributed by atoms with Crippen LogP contribution in [0.1, 0.15) is 19.4 Å². The Hall–Kier alpha value is -1.13. The van der Waals surface area contributed by atoms with E-state index >= 15 is 0 Å². The van der Waals surface area contributed by atoms with E-state index in [4.69, 9.17) is 5.11 Å². The number of hydrogen-bond acceptors (Lipinski definition) is 4. The van der Waals surface area contributed by atoms with Crippen molar-refractivity contribution in [2.45, 2.75) is 26.5 Å². The van der Waals surface area contributed by atoms with Crippen LogP contribution in [0.3, 0.4) is 0 Å². The largest absolute Gasteiger partial charge is 0.395 e. The summed E-state index contributed by atoms with van der Waals surface area (Å²) in [5, 5.41) is 18.2. The van der Waals surface area contributed by atoms with E-state index < -0.39 is 0 Å². The lowest BCUT2D eigenvalue weighted by Gasteiger charge is -2.28. The molecule has 1 aromatic heterocycles. The summed E-state index contributed by atoms with van der Waals surface area (Å²) >= 11 is 0. The minimum Gasteiger partial charge on any atom is -0.395 e. The fourth-order valence-electron chi connectivity index (χ4n) is 1.53. The summed E-state index contributed by atoms with van der Waals surface area (Å²) in [5.74, 6) is 0.754. The molecule has 0 aliphatic rings. The summed E-state index contributed by atoms with van der Waals surface area (Å²) in [6.45, 7) is 4.65. The number of hydrogen-bond donors (Lipinski definition) is 2. The second kappa shape index (κ2) is 5.68. The third kappa shape index (κ3) is 2.91. The monoisotopic (exact) mass is 210 g/mol. The number of aromatic nitrogens is 1. The average Bonchev–Trinajstić information content (AvgIpc) is 2.25. The highest BCUT2D eigenvalue weighted by molar-refractivity contribution is 5.47. The SMILES string of the molecule is CC(C)N(CCO)c1ncccc1CO. The molecular weight excluding hydrogens is 192 g/mol. The Labute approximate surface area is 90.2 Å². The van der Waals surface area contributed by atoms with E-state index in [-0.39, 0.29) is 19.3 Å². The van der Waals surface area contributed by atoms with Crippen LogP contribution < -0.4 is 4.90 Å². The molecule has 0 saturated carbocycles. The van der Waals surface area contributed by atoms with Gasteiger partial charge in [-0.05, 0) is 19.9 Å². The van der Waals surface area contributed by atoms with Crippen molar-refractivity contribution in [2.24, 2.45) is 0 Å². The molecule has 0 spiro atoms. The van der Waals surface area contributed by atoms with Gasteiger partial charge < -0.3 is 15.1 Å². The summed E-state index contributed by atoms with van der Waals surface area (Å²) in [7, 11) is 0. The Bertz CT molecular complexity index is 302. The first-order valence-corrected chi connectivity index (χ1v) is 5.13. The molecule has 4 nitrogen and oxygen atoms in total. The van der Waals surface area contributed by atoms with Crippen LogP contribution in [0.5, 0.6) is 0 Å². The van der Waals surface area contributed by atoms with Gasteiger partial charge in [0.1, 0.15) is 5.82 Å². The number of pyridine rings is 1. The maximum absolute atomic E-state index is 9.19. The van der Waals surface area contributed by atoms with Crippen molar-refractivity contribution in [3.63, 3.8) is 0 Å². The molecule has 84 valence electrons. The molecule has 0 aliphatic carbocycles. The van der Waals surface area contributed by atoms with Gasteiger partial charge in [-0.25, -0.2) is 4.98 Å². The van der Waals surface area contributed by atoms with Crippen molar-refractivity contribution in [3.05, 3.63) is 23.9 Å². The molecule has 15 heavy (non-hydrogen) atoms. The van der Waals surface area contributed by atoms with E-state index in [0.29, 0.717) is 6.54 Å². The Balaban J connectivity index is 2.98. The fraction of sp³-hybridized carbons (Fsp3) is 0.545. The quantitative estimate of drug-likeness (QED) is 0.754. The molecule has 1 aromatic rings. The van der Waals surface area contributed by atoms with Gasteiger partial charge in [-0.15, -0.1) is 0 Å². The number of nitrogens with zero attached hydrogens (tertiary/aromatic N) is 2. The van der Waals surface area contributed by atoms with Crippen LogP contribution in [0.4, 0.5) is 5.82 Å². The Morgan fingerprint density at radius 3 is 2.67 bits per heavy atom. The van der Waals surface area contributed by atoms with Gasteiger partial charge in [0.2, 0.25) is 0 Å². The van der Waals surface area contributed by atoms with Crippen molar-refractivity contribution in [1.29, 1.82) is 0 Å². The molecule has 0 unspecified atom stereocenters. The van der Waals surface area contributed by atoms with Crippen LogP contribution in [-0.4, -0.2) is 34.4 Å². The Morgan fingerprint density at radius 2 is 2.13 bits per heavy atom. The van der Waals surface area contributed by atoms with Gasteiger partial charge in [0, 0.05) is 24.3 Å². The van der Waals surface area contributed by atoms with Gasteiger partial charge in [0.25, 0.3) is 0 Å². The van der Waals surface area contributed by atoms with Crippen molar-refractivity contribution in [2.75, 3.05) is 18.1 Å². The predicted octanol–water partition coefficient (Wildman–Crippen LogP) is 0.781. The molecule has 2 N–H and O–H groups in total. The summed E-state index contributed by atoms with van der Waals surface area (Å²) in [6, 6.07) is 3.89. The van der Waals surface area contributed by atoms with Gasteiger partial charge in [-0.1, -0.05) is 6.07 Å². The summed E-state index contributed by atoms with van der Waals surface area (Å²) in [6.07, 6.45) is 1.70. The van der Waals surface area contributed by atoms with E-state index in [1.54, 1.807) is 12.3 Å². The number of aliphatic hydroxyl groups is 2. The third-order valence-corrected chi connectivity index (χ3v) is 2.27. The normalized spacial score (nSPS) is 10.7. The van der Waals surface area contributed by atoms with Crippen LogP contribution in [0.15, 0.2) is 18.3 Å². The predicted molar refractivity (Wildman–Crippen MR) is 59.7 cm³/mol.